The van der Waals surface area contributed by atoms with Gasteiger partial charge in [-0.3, -0.25) is 10.1 Å². The number of nitrogens with zero attached hydrogens (tertiary/aromatic N) is 1. The van der Waals surface area contributed by atoms with Crippen LogP contribution in [-0.4, -0.2) is 16.4 Å². The molecule has 19 heavy (non-hydrogen) atoms. The Morgan fingerprint density at radius 1 is 1.32 bits per heavy atom. The first-order valence-electron chi connectivity index (χ1n) is 5.50. The van der Waals surface area contributed by atoms with Gasteiger partial charge in [0.05, 0.1) is 4.92 Å². The van der Waals surface area contributed by atoms with Gasteiger partial charge in [0.25, 0.3) is 5.69 Å². The third kappa shape index (κ3) is 6.75. The number of thioether (sulfide) groups is 1. The van der Waals surface area contributed by atoms with Crippen LogP contribution >= 0.6 is 65.1 Å². The van der Waals surface area contributed by atoms with Crippen molar-refractivity contribution in [2.45, 2.75) is 19.6 Å². The van der Waals surface area contributed by atoms with Crippen LogP contribution in [0.3, 0.4) is 0 Å². The van der Waals surface area contributed by atoms with Crippen LogP contribution in [0.5, 0.6) is 0 Å². The number of hydrogen-bond acceptors (Lipinski definition) is 4. The van der Waals surface area contributed by atoms with Crippen LogP contribution in [-0.2, 0) is 5.75 Å². The fourth-order valence-corrected chi connectivity index (χ4v) is 4.84. The number of benzene rings is 1. The summed E-state index contributed by atoms with van der Waals surface area (Å²) in [4.78, 5) is 10.2. The molecule has 1 aromatic rings. The molecule has 0 radical (unpaired) electrons. The highest BCUT2D eigenvalue weighted by molar-refractivity contribution is 14.2. The molecule has 0 aliphatic heterocycles. The SMILES string of the molecule is CC.O=[N+]([O-])c1ccc(Cl)c(CSCCSI)c1Cl. The zero-order valence-corrected chi connectivity index (χ0v) is 15.8. The molecule has 0 saturated carbocycles. The molecule has 0 saturated heterocycles. The summed E-state index contributed by atoms with van der Waals surface area (Å²) in [5, 5.41) is 11.4. The van der Waals surface area contributed by atoms with Gasteiger partial charge in [0, 0.05) is 33.9 Å². The Morgan fingerprint density at radius 3 is 2.47 bits per heavy atom. The molecular weight excluding hydrogens is 440 g/mol. The molecule has 0 amide bonds. The van der Waals surface area contributed by atoms with Crippen LogP contribution in [0.4, 0.5) is 5.69 Å². The fourth-order valence-electron chi connectivity index (χ4n) is 1.12. The van der Waals surface area contributed by atoms with Crippen molar-refractivity contribution < 1.29 is 4.92 Å². The van der Waals surface area contributed by atoms with E-state index < -0.39 is 4.92 Å². The maximum atomic E-state index is 10.7. The fraction of sp³-hybridized carbons (Fsp3) is 0.455. The van der Waals surface area contributed by atoms with Crippen molar-refractivity contribution in [1.82, 2.24) is 0 Å². The molecule has 3 nitrogen and oxygen atoms in total. The van der Waals surface area contributed by atoms with Crippen LogP contribution in [0.1, 0.15) is 19.4 Å². The van der Waals surface area contributed by atoms with Gasteiger partial charge in [-0.1, -0.05) is 46.0 Å². The maximum absolute atomic E-state index is 10.7. The lowest BCUT2D eigenvalue weighted by molar-refractivity contribution is -0.384. The Morgan fingerprint density at radius 2 is 1.95 bits per heavy atom. The van der Waals surface area contributed by atoms with Crippen molar-refractivity contribution in [3.8, 4) is 0 Å². The highest BCUT2D eigenvalue weighted by Crippen LogP contribution is 2.35. The summed E-state index contributed by atoms with van der Waals surface area (Å²) < 4.78 is 0. The Balaban J connectivity index is 0.00000154. The van der Waals surface area contributed by atoms with Gasteiger partial charge < -0.3 is 0 Å². The summed E-state index contributed by atoms with van der Waals surface area (Å²) in [6.07, 6.45) is 0. The van der Waals surface area contributed by atoms with E-state index in [0.29, 0.717) is 16.3 Å². The molecule has 0 aliphatic rings. The molecule has 0 aliphatic carbocycles. The van der Waals surface area contributed by atoms with Gasteiger partial charge in [0.1, 0.15) is 5.02 Å². The number of halogens is 3. The lowest BCUT2D eigenvalue weighted by atomic mass is 10.2. The van der Waals surface area contributed by atoms with Gasteiger partial charge >= 0.3 is 0 Å². The van der Waals surface area contributed by atoms with Crippen LogP contribution in [0.15, 0.2) is 12.1 Å². The average Bonchev–Trinajstić information content (AvgIpc) is 2.39. The zero-order valence-electron chi connectivity index (χ0n) is 10.5. The molecule has 0 atom stereocenters. The molecule has 0 bridgehead atoms. The normalized spacial score (nSPS) is 9.74. The summed E-state index contributed by atoms with van der Waals surface area (Å²) >= 11 is 15.9. The number of nitro benzene ring substituents is 1. The van der Waals surface area contributed by atoms with Crippen LogP contribution in [0.25, 0.3) is 0 Å². The zero-order chi connectivity index (χ0) is 14.8. The number of rotatable bonds is 6. The lowest BCUT2D eigenvalue weighted by Crippen LogP contribution is -1.94. The quantitative estimate of drug-likeness (QED) is 0.221. The predicted octanol–water partition coefficient (Wildman–Crippen LogP) is 6.24. The van der Waals surface area contributed by atoms with Crippen molar-refractivity contribution in [2.75, 3.05) is 11.5 Å². The first-order chi connectivity index (χ1) is 9.07. The number of nitro groups is 1. The van der Waals surface area contributed by atoms with Crippen molar-refractivity contribution in [1.29, 1.82) is 0 Å². The molecule has 0 aromatic heterocycles. The summed E-state index contributed by atoms with van der Waals surface area (Å²) in [6, 6.07) is 2.86. The van der Waals surface area contributed by atoms with E-state index in [-0.39, 0.29) is 10.7 Å². The van der Waals surface area contributed by atoms with Crippen molar-refractivity contribution >= 4 is 70.8 Å². The molecule has 108 valence electrons. The van der Waals surface area contributed by atoms with Crippen LogP contribution < -0.4 is 0 Å². The molecule has 1 aromatic carbocycles. The molecule has 0 fully saturated rings. The van der Waals surface area contributed by atoms with E-state index in [1.54, 1.807) is 20.7 Å². The van der Waals surface area contributed by atoms with E-state index in [2.05, 4.69) is 21.2 Å². The van der Waals surface area contributed by atoms with Gasteiger partial charge in [-0.15, -0.1) is 0 Å². The molecular formula is C11H14Cl2INO2S2. The standard InChI is InChI=1S/C9H8Cl2INO2S2.C2H6/c10-7-1-2-8(13(14)15)9(11)6(7)5-16-3-4-17-12;1-2/h1-2H,3-5H2;1-2H3. The van der Waals surface area contributed by atoms with Crippen molar-refractivity contribution in [3.05, 3.63) is 37.9 Å². The van der Waals surface area contributed by atoms with E-state index >= 15 is 0 Å². The molecule has 0 spiro atoms. The third-order valence-corrected chi connectivity index (χ3v) is 5.61. The van der Waals surface area contributed by atoms with Gasteiger partial charge in [0.15, 0.2) is 0 Å². The maximum Gasteiger partial charge on any atom is 0.288 e. The topological polar surface area (TPSA) is 43.1 Å². The first kappa shape index (κ1) is 19.6. The summed E-state index contributed by atoms with van der Waals surface area (Å²) in [7, 11) is 1.73. The van der Waals surface area contributed by atoms with Crippen LogP contribution in [0.2, 0.25) is 10.0 Å². The largest absolute Gasteiger partial charge is 0.288 e. The monoisotopic (exact) mass is 453 g/mol. The highest BCUT2D eigenvalue weighted by Gasteiger charge is 2.18. The summed E-state index contributed by atoms with van der Waals surface area (Å²) in [6.45, 7) is 4.00. The van der Waals surface area contributed by atoms with Gasteiger partial charge in [0.2, 0.25) is 0 Å². The van der Waals surface area contributed by atoms with E-state index in [1.165, 1.54) is 12.1 Å². The van der Waals surface area contributed by atoms with Gasteiger partial charge in [-0.25, -0.2) is 0 Å². The molecule has 0 unspecified atom stereocenters. The van der Waals surface area contributed by atoms with Gasteiger partial charge in [-0.2, -0.15) is 11.8 Å². The van der Waals surface area contributed by atoms with Gasteiger partial charge in [-0.05, 0) is 27.3 Å². The summed E-state index contributed by atoms with van der Waals surface area (Å²) in [5.41, 5.74) is 0.556. The molecule has 8 heteroatoms. The lowest BCUT2D eigenvalue weighted by Gasteiger charge is -2.06. The first-order valence-corrected chi connectivity index (χ1v) is 10.9. The minimum Gasteiger partial charge on any atom is -0.258 e. The minimum atomic E-state index is -0.493. The molecule has 0 heterocycles. The van der Waals surface area contributed by atoms with Crippen molar-refractivity contribution in [2.24, 2.45) is 0 Å². The molecule has 1 rings (SSSR count). The second-order valence-corrected chi connectivity index (χ2v) is 7.37. The highest BCUT2D eigenvalue weighted by atomic mass is 127. The predicted molar refractivity (Wildman–Crippen MR) is 97.1 cm³/mol. The second-order valence-electron chi connectivity index (χ2n) is 2.98. The van der Waals surface area contributed by atoms with E-state index in [4.69, 9.17) is 23.2 Å². The third-order valence-electron chi connectivity index (χ3n) is 1.91. The second kappa shape index (κ2) is 11.3. The van der Waals surface area contributed by atoms with E-state index in [0.717, 1.165) is 11.5 Å². The molecule has 0 N–H and O–H groups in total. The Hall–Kier alpha value is 0.630. The number of hydrogen-bond donors (Lipinski definition) is 0. The smallest absolute Gasteiger partial charge is 0.258 e. The Bertz CT molecular complexity index is 422. The Kier molecular flexibility index (Phi) is 11.7. The van der Waals surface area contributed by atoms with E-state index in [9.17, 15) is 10.1 Å². The Labute approximate surface area is 143 Å². The minimum absolute atomic E-state index is 0.0880. The average molecular weight is 454 g/mol. The van der Waals surface area contributed by atoms with E-state index in [1.807, 2.05) is 13.8 Å². The van der Waals surface area contributed by atoms with Crippen molar-refractivity contribution in [3.63, 3.8) is 0 Å². The summed E-state index contributed by atoms with van der Waals surface area (Å²) in [5.74, 6) is 2.58. The van der Waals surface area contributed by atoms with Crippen LogP contribution in [0, 0.1) is 10.1 Å².